The number of nitrogens with one attached hydrogen (secondary N) is 2. The Kier molecular flexibility index (Phi) is 6.39. The summed E-state index contributed by atoms with van der Waals surface area (Å²) in [5, 5.41) is 5.47. The Hall–Kier alpha value is -4.20. The first-order valence-corrected chi connectivity index (χ1v) is 8.92. The number of ether oxygens (including phenoxy) is 2. The number of methoxy groups -OCH3 is 2. The van der Waals surface area contributed by atoms with Crippen molar-refractivity contribution in [2.75, 3.05) is 24.9 Å². The van der Waals surface area contributed by atoms with Crippen molar-refractivity contribution in [1.29, 1.82) is 0 Å². The van der Waals surface area contributed by atoms with E-state index in [2.05, 4.69) is 20.4 Å². The second kappa shape index (κ2) is 9.33. The van der Waals surface area contributed by atoms with Crippen molar-refractivity contribution in [3.63, 3.8) is 0 Å². The summed E-state index contributed by atoms with van der Waals surface area (Å²) in [7, 11) is 2.80. The van der Waals surface area contributed by atoms with E-state index in [1.165, 1.54) is 32.5 Å². The van der Waals surface area contributed by atoms with Gasteiger partial charge < -0.3 is 20.1 Å². The van der Waals surface area contributed by atoms with Gasteiger partial charge in [0.2, 0.25) is 0 Å². The Balaban J connectivity index is 1.64. The monoisotopic (exact) mass is 405 g/mol. The molecule has 0 saturated heterocycles. The molecule has 3 aromatic rings. The Labute approximate surface area is 172 Å². The lowest BCUT2D eigenvalue weighted by molar-refractivity contribution is 0.0599. The number of rotatable bonds is 6. The number of aromatic nitrogens is 1. The van der Waals surface area contributed by atoms with Crippen LogP contribution in [0.1, 0.15) is 31.2 Å². The van der Waals surface area contributed by atoms with Crippen LogP contribution in [-0.4, -0.2) is 37.0 Å². The molecule has 2 aromatic carbocycles. The summed E-state index contributed by atoms with van der Waals surface area (Å²) in [4.78, 5) is 40.1. The van der Waals surface area contributed by atoms with Gasteiger partial charge in [-0.2, -0.15) is 0 Å². The third-order valence-corrected chi connectivity index (χ3v) is 4.18. The quantitative estimate of drug-likeness (QED) is 0.609. The minimum Gasteiger partial charge on any atom is -0.495 e. The minimum atomic E-state index is -0.531. The van der Waals surface area contributed by atoms with Crippen LogP contribution in [0.3, 0.4) is 0 Å². The third-order valence-electron chi connectivity index (χ3n) is 4.18. The van der Waals surface area contributed by atoms with E-state index in [1.54, 1.807) is 42.5 Å². The molecule has 0 bridgehead atoms. The number of nitrogens with zero attached hydrogens (tertiary/aromatic N) is 1. The van der Waals surface area contributed by atoms with E-state index in [1.807, 2.05) is 6.07 Å². The first kappa shape index (κ1) is 20.5. The standard InChI is InChI=1S/C22H19N3O5/c1-29-19-6-4-3-5-17(19)25-20(26)14-7-10-16(11-8-14)24-21(27)18-12-9-15(13-23-18)22(28)30-2/h3-13H,1-2H3,(H,24,27)(H,25,26). The Morgan fingerprint density at radius 2 is 1.50 bits per heavy atom. The Morgan fingerprint density at radius 3 is 2.13 bits per heavy atom. The largest absolute Gasteiger partial charge is 0.495 e. The summed E-state index contributed by atoms with van der Waals surface area (Å²) in [6.07, 6.45) is 1.27. The highest BCUT2D eigenvalue weighted by Crippen LogP contribution is 2.24. The molecule has 0 fully saturated rings. The van der Waals surface area contributed by atoms with Gasteiger partial charge in [-0.1, -0.05) is 12.1 Å². The highest BCUT2D eigenvalue weighted by Gasteiger charge is 2.12. The summed E-state index contributed by atoms with van der Waals surface area (Å²) in [5.74, 6) is -0.730. The number of pyridine rings is 1. The predicted molar refractivity (Wildman–Crippen MR) is 111 cm³/mol. The zero-order chi connectivity index (χ0) is 21.5. The van der Waals surface area contributed by atoms with Crippen molar-refractivity contribution in [1.82, 2.24) is 4.98 Å². The Morgan fingerprint density at radius 1 is 0.800 bits per heavy atom. The van der Waals surface area contributed by atoms with Crippen LogP contribution in [0.5, 0.6) is 5.75 Å². The molecule has 152 valence electrons. The van der Waals surface area contributed by atoms with Gasteiger partial charge in [0.1, 0.15) is 11.4 Å². The van der Waals surface area contributed by atoms with Crippen LogP contribution in [0, 0.1) is 0 Å². The summed E-state index contributed by atoms with van der Waals surface area (Å²) < 4.78 is 9.81. The van der Waals surface area contributed by atoms with E-state index in [4.69, 9.17) is 4.74 Å². The number of esters is 1. The van der Waals surface area contributed by atoms with E-state index in [0.29, 0.717) is 22.7 Å². The van der Waals surface area contributed by atoms with Gasteiger partial charge in [-0.05, 0) is 48.5 Å². The van der Waals surface area contributed by atoms with Crippen LogP contribution >= 0.6 is 0 Å². The average molecular weight is 405 g/mol. The molecule has 8 nitrogen and oxygen atoms in total. The van der Waals surface area contributed by atoms with E-state index in [0.717, 1.165) is 0 Å². The van der Waals surface area contributed by atoms with Gasteiger partial charge in [0.05, 0.1) is 25.5 Å². The molecule has 0 saturated carbocycles. The van der Waals surface area contributed by atoms with Crippen LogP contribution in [0.2, 0.25) is 0 Å². The van der Waals surface area contributed by atoms with E-state index in [-0.39, 0.29) is 17.2 Å². The van der Waals surface area contributed by atoms with Crippen molar-refractivity contribution in [3.05, 3.63) is 83.7 Å². The van der Waals surface area contributed by atoms with Gasteiger partial charge in [0.15, 0.2) is 0 Å². The van der Waals surface area contributed by atoms with Gasteiger partial charge in [0, 0.05) is 17.4 Å². The SMILES string of the molecule is COC(=O)c1ccc(C(=O)Nc2ccc(C(=O)Nc3ccccc3OC)cc2)nc1. The van der Waals surface area contributed by atoms with Crippen LogP contribution < -0.4 is 15.4 Å². The highest BCUT2D eigenvalue weighted by molar-refractivity contribution is 6.06. The first-order valence-electron chi connectivity index (χ1n) is 8.92. The van der Waals surface area contributed by atoms with Gasteiger partial charge >= 0.3 is 5.97 Å². The smallest absolute Gasteiger partial charge is 0.339 e. The molecule has 2 amide bonds. The number of carbonyl (C=O) groups excluding carboxylic acids is 3. The molecule has 8 heteroatoms. The molecule has 2 N–H and O–H groups in total. The van der Waals surface area contributed by atoms with E-state index < -0.39 is 11.9 Å². The van der Waals surface area contributed by atoms with Crippen molar-refractivity contribution in [2.24, 2.45) is 0 Å². The molecule has 30 heavy (non-hydrogen) atoms. The van der Waals surface area contributed by atoms with E-state index in [9.17, 15) is 14.4 Å². The van der Waals surface area contributed by atoms with Crippen LogP contribution in [0.25, 0.3) is 0 Å². The molecule has 0 spiro atoms. The predicted octanol–water partition coefficient (Wildman–Crippen LogP) is 3.38. The number of anilines is 2. The fraction of sp³-hybridized carbons (Fsp3) is 0.0909. The van der Waals surface area contributed by atoms with Gasteiger partial charge in [0.25, 0.3) is 11.8 Å². The summed E-state index contributed by atoms with van der Waals surface area (Å²) >= 11 is 0. The Bertz CT molecular complexity index is 1060. The molecular formula is C22H19N3O5. The second-order valence-electron chi connectivity index (χ2n) is 6.11. The molecule has 0 radical (unpaired) electrons. The molecule has 1 heterocycles. The molecule has 0 aliphatic rings. The van der Waals surface area contributed by atoms with Crippen LogP contribution in [0.4, 0.5) is 11.4 Å². The van der Waals surface area contributed by atoms with Crippen molar-refractivity contribution >= 4 is 29.2 Å². The number of amides is 2. The van der Waals surface area contributed by atoms with Crippen LogP contribution in [-0.2, 0) is 4.74 Å². The van der Waals surface area contributed by atoms with Gasteiger partial charge in [-0.25, -0.2) is 4.79 Å². The molecule has 0 aliphatic carbocycles. The number of carbonyl (C=O) groups is 3. The minimum absolute atomic E-state index is 0.139. The van der Waals surface area contributed by atoms with Gasteiger partial charge in [-0.3, -0.25) is 14.6 Å². The molecule has 0 atom stereocenters. The maximum Gasteiger partial charge on any atom is 0.339 e. The number of hydrogen-bond acceptors (Lipinski definition) is 6. The number of para-hydroxylation sites is 2. The van der Waals surface area contributed by atoms with Crippen LogP contribution in [0.15, 0.2) is 66.9 Å². The van der Waals surface area contributed by atoms with Crippen molar-refractivity contribution in [3.8, 4) is 5.75 Å². The maximum absolute atomic E-state index is 12.4. The average Bonchev–Trinajstić information content (AvgIpc) is 2.79. The highest BCUT2D eigenvalue weighted by atomic mass is 16.5. The molecular weight excluding hydrogens is 386 g/mol. The number of hydrogen-bond donors (Lipinski definition) is 2. The summed E-state index contributed by atoms with van der Waals surface area (Å²) in [6, 6.07) is 16.4. The van der Waals surface area contributed by atoms with Crippen molar-refractivity contribution in [2.45, 2.75) is 0 Å². The topological polar surface area (TPSA) is 107 Å². The maximum atomic E-state index is 12.4. The third kappa shape index (κ3) is 4.79. The normalized spacial score (nSPS) is 10.1. The lowest BCUT2D eigenvalue weighted by atomic mass is 10.1. The van der Waals surface area contributed by atoms with E-state index >= 15 is 0 Å². The fourth-order valence-corrected chi connectivity index (χ4v) is 2.61. The fourth-order valence-electron chi connectivity index (χ4n) is 2.61. The molecule has 1 aromatic heterocycles. The van der Waals surface area contributed by atoms with Crippen molar-refractivity contribution < 1.29 is 23.9 Å². The lowest BCUT2D eigenvalue weighted by Gasteiger charge is -2.10. The lowest BCUT2D eigenvalue weighted by Crippen LogP contribution is -2.15. The summed E-state index contributed by atoms with van der Waals surface area (Å²) in [6.45, 7) is 0. The first-order chi connectivity index (χ1) is 14.5. The van der Waals surface area contributed by atoms with Gasteiger partial charge in [-0.15, -0.1) is 0 Å². The zero-order valence-electron chi connectivity index (χ0n) is 16.3. The number of benzene rings is 2. The molecule has 0 aliphatic heterocycles. The molecule has 3 rings (SSSR count). The zero-order valence-corrected chi connectivity index (χ0v) is 16.3. The molecule has 0 unspecified atom stereocenters. The second-order valence-corrected chi connectivity index (χ2v) is 6.11. The summed E-state index contributed by atoms with van der Waals surface area (Å²) in [5.41, 5.74) is 1.86.